The van der Waals surface area contributed by atoms with Crippen molar-refractivity contribution in [3.8, 4) is 0 Å². The van der Waals surface area contributed by atoms with Gasteiger partial charge in [-0.25, -0.2) is 4.79 Å². The summed E-state index contributed by atoms with van der Waals surface area (Å²) in [5.74, 6) is -1.97. The van der Waals surface area contributed by atoms with Crippen LogP contribution in [-0.4, -0.2) is 79.9 Å². The zero-order valence-electron chi connectivity index (χ0n) is 22.7. The Labute approximate surface area is 211 Å². The zero-order valence-corrected chi connectivity index (χ0v) is 23.6. The van der Waals surface area contributed by atoms with Gasteiger partial charge in [-0.05, 0) is 47.7 Å². The lowest BCUT2D eigenvalue weighted by molar-refractivity contribution is -0.265. The van der Waals surface area contributed by atoms with Gasteiger partial charge in [0.05, 0.1) is 23.4 Å². The van der Waals surface area contributed by atoms with Crippen molar-refractivity contribution in [3.05, 3.63) is 11.3 Å². The van der Waals surface area contributed by atoms with Gasteiger partial charge in [0.15, 0.2) is 14.8 Å². The number of hydrogen-bond donors (Lipinski definition) is 0. The van der Waals surface area contributed by atoms with E-state index in [9.17, 15) is 14.2 Å². The third-order valence-electron chi connectivity index (χ3n) is 6.94. The number of esters is 1. The van der Waals surface area contributed by atoms with Crippen LogP contribution in [0.1, 0.15) is 61.3 Å². The Kier molecular flexibility index (Phi) is 10.0. The van der Waals surface area contributed by atoms with Crippen LogP contribution in [0.4, 0.5) is 0 Å². The first-order valence-corrected chi connectivity index (χ1v) is 13.0. The molecule has 1 saturated heterocycles. The minimum absolute atomic E-state index is 0.0256. The fourth-order valence-electron chi connectivity index (χ4n) is 5.05. The summed E-state index contributed by atoms with van der Waals surface area (Å²) in [5, 5.41) is 0. The van der Waals surface area contributed by atoms with E-state index < -0.39 is 41.3 Å². The Morgan fingerprint density at radius 1 is 1.29 bits per heavy atom. The van der Waals surface area contributed by atoms with Crippen molar-refractivity contribution < 1.29 is 37.8 Å². The summed E-state index contributed by atoms with van der Waals surface area (Å²) in [7, 11) is 5.37. The average molecular weight is 516 g/mol. The first-order chi connectivity index (χ1) is 16.2. The van der Waals surface area contributed by atoms with Gasteiger partial charge in [-0.3, -0.25) is 4.57 Å². The second-order valence-electron chi connectivity index (χ2n) is 10.7. The van der Waals surface area contributed by atoms with Gasteiger partial charge in [-0.1, -0.05) is 13.8 Å². The van der Waals surface area contributed by atoms with E-state index in [0.717, 1.165) is 6.29 Å². The quantitative estimate of drug-likeness (QED) is 0.230. The van der Waals surface area contributed by atoms with Crippen LogP contribution in [0.2, 0.25) is 0 Å². The number of carbonyl (C=O) groups is 2. The van der Waals surface area contributed by atoms with Crippen LogP contribution < -0.4 is 0 Å². The maximum Gasteiger partial charge on any atom is 0.340 e. The van der Waals surface area contributed by atoms with E-state index in [2.05, 4.69) is 0 Å². The molecule has 9 nitrogen and oxygen atoms in total. The highest BCUT2D eigenvalue weighted by atomic mass is 31.1. The van der Waals surface area contributed by atoms with Crippen molar-refractivity contribution in [2.24, 2.45) is 11.8 Å². The molecule has 2 aliphatic heterocycles. The molecule has 0 aromatic heterocycles. The maximum absolute atomic E-state index is 12.6. The maximum atomic E-state index is 12.6. The molecule has 0 saturated carbocycles. The van der Waals surface area contributed by atoms with Crippen molar-refractivity contribution in [1.82, 2.24) is 4.90 Å². The standard InChI is InChI=1S/C25H42NO8P/c1-14(13-27)12-25(7,30-10)21(16(3)19-17(4)22(28)34-24(5,6)33-19)32-23-20(35-29)18(26(8)9)11-15(2)31-23/h13-16,18,20-21,23H,11-12H2,1-10H3/t14-,15-,16-,18?,20-,21-,23+,25-/m1/s1. The molecule has 0 aromatic carbocycles. The highest BCUT2D eigenvalue weighted by Crippen LogP contribution is 2.41. The van der Waals surface area contributed by atoms with E-state index in [-0.39, 0.29) is 26.5 Å². The van der Waals surface area contributed by atoms with E-state index in [1.54, 1.807) is 27.9 Å². The zero-order chi connectivity index (χ0) is 26.7. The van der Waals surface area contributed by atoms with E-state index in [1.165, 1.54) is 0 Å². The molecule has 0 spiro atoms. The molecule has 2 heterocycles. The molecule has 10 heteroatoms. The molecule has 0 N–H and O–H groups in total. The van der Waals surface area contributed by atoms with Gasteiger partial charge in [-0.2, -0.15) is 0 Å². The Balaban J connectivity index is 2.55. The smallest absolute Gasteiger partial charge is 0.340 e. The topological polar surface area (TPSA) is 101 Å². The number of hydrogen-bond acceptors (Lipinski definition) is 9. The summed E-state index contributed by atoms with van der Waals surface area (Å²) in [6.45, 7) is 12.5. The van der Waals surface area contributed by atoms with Crippen LogP contribution in [0.5, 0.6) is 0 Å². The minimum atomic E-state index is -1.15. The van der Waals surface area contributed by atoms with Crippen LogP contribution in [0.25, 0.3) is 0 Å². The third-order valence-corrected chi connectivity index (χ3v) is 7.78. The van der Waals surface area contributed by atoms with Crippen LogP contribution in [0.15, 0.2) is 11.3 Å². The first-order valence-electron chi connectivity index (χ1n) is 12.1. The average Bonchev–Trinajstić information content (AvgIpc) is 2.78. The number of carbonyl (C=O) groups excluding carboxylic acids is 2. The van der Waals surface area contributed by atoms with E-state index in [1.807, 2.05) is 46.7 Å². The van der Waals surface area contributed by atoms with Crippen LogP contribution in [-0.2, 0) is 37.8 Å². The predicted octanol–water partition coefficient (Wildman–Crippen LogP) is 3.95. The molecule has 0 bridgehead atoms. The van der Waals surface area contributed by atoms with Crippen molar-refractivity contribution in [2.45, 2.75) is 103 Å². The largest absolute Gasteiger partial charge is 0.456 e. The highest BCUT2D eigenvalue weighted by molar-refractivity contribution is 7.24. The molecule has 0 aromatic rings. The van der Waals surface area contributed by atoms with Gasteiger partial charge in [0.25, 0.3) is 0 Å². The summed E-state index contributed by atoms with van der Waals surface area (Å²) in [6, 6.07) is -0.0256. The molecule has 2 rings (SSSR count). The van der Waals surface area contributed by atoms with Crippen LogP contribution in [0, 0.1) is 11.8 Å². The lowest BCUT2D eigenvalue weighted by atomic mass is 9.81. The molecule has 200 valence electrons. The van der Waals surface area contributed by atoms with Gasteiger partial charge in [-0.15, -0.1) is 0 Å². The monoisotopic (exact) mass is 515 g/mol. The van der Waals surface area contributed by atoms with E-state index in [4.69, 9.17) is 23.7 Å². The molecular weight excluding hydrogens is 473 g/mol. The van der Waals surface area contributed by atoms with Crippen molar-refractivity contribution in [2.75, 3.05) is 21.2 Å². The lowest BCUT2D eigenvalue weighted by Gasteiger charge is -2.47. The Morgan fingerprint density at radius 2 is 1.91 bits per heavy atom. The van der Waals surface area contributed by atoms with Gasteiger partial charge in [0.1, 0.15) is 17.7 Å². The Bertz CT molecular complexity index is 815. The van der Waals surface area contributed by atoms with Gasteiger partial charge in [0.2, 0.25) is 5.79 Å². The Morgan fingerprint density at radius 3 is 2.43 bits per heavy atom. The Hall–Kier alpha value is -1.38. The molecular formula is C25H42NO8P. The van der Waals surface area contributed by atoms with Gasteiger partial charge in [0, 0.05) is 38.8 Å². The molecule has 0 radical (unpaired) electrons. The van der Waals surface area contributed by atoms with Crippen molar-refractivity contribution in [3.63, 3.8) is 0 Å². The molecule has 8 atom stereocenters. The van der Waals surface area contributed by atoms with E-state index >= 15 is 0 Å². The third kappa shape index (κ3) is 6.89. The summed E-state index contributed by atoms with van der Waals surface area (Å²) >= 11 is 0. The SMILES string of the molecule is CO[C@](C)(C[C@@H](C)C=O)[C@H](O[C@@H]1O[C@H](C)CC(N(C)C)[C@H]1P=O)[C@H](C)C1=C(C)C(=O)OC(C)(C)O1. The molecule has 0 amide bonds. The number of methoxy groups -OCH3 is 1. The second-order valence-corrected chi connectivity index (χ2v) is 11.5. The van der Waals surface area contributed by atoms with Crippen molar-refractivity contribution >= 4 is 20.7 Å². The van der Waals surface area contributed by atoms with Gasteiger partial charge < -0.3 is 33.4 Å². The van der Waals surface area contributed by atoms with Crippen molar-refractivity contribution in [1.29, 1.82) is 0 Å². The molecule has 1 fully saturated rings. The number of aldehydes is 1. The molecule has 35 heavy (non-hydrogen) atoms. The fourth-order valence-corrected chi connectivity index (χ4v) is 5.82. The molecule has 1 unspecified atom stereocenters. The van der Waals surface area contributed by atoms with Gasteiger partial charge >= 0.3 is 5.97 Å². The van der Waals surface area contributed by atoms with Crippen LogP contribution >= 0.6 is 8.46 Å². The first kappa shape index (κ1) is 29.8. The number of rotatable bonds is 11. The molecule has 0 aliphatic carbocycles. The number of nitrogens with zero attached hydrogens (tertiary/aromatic N) is 1. The summed E-state index contributed by atoms with van der Waals surface area (Å²) < 4.78 is 42.6. The summed E-state index contributed by atoms with van der Waals surface area (Å²) in [5.41, 5.74) is -1.05. The summed E-state index contributed by atoms with van der Waals surface area (Å²) in [6.07, 6.45) is 0.323. The fraction of sp³-hybridized carbons (Fsp3) is 0.840. The lowest BCUT2D eigenvalue weighted by Crippen LogP contribution is -2.57. The minimum Gasteiger partial charge on any atom is -0.456 e. The number of ether oxygens (including phenoxy) is 5. The number of cyclic esters (lactones) is 1. The highest BCUT2D eigenvalue weighted by Gasteiger charge is 2.49. The van der Waals surface area contributed by atoms with E-state index in [0.29, 0.717) is 24.2 Å². The second kappa shape index (κ2) is 11.8. The predicted molar refractivity (Wildman–Crippen MR) is 131 cm³/mol. The summed E-state index contributed by atoms with van der Waals surface area (Å²) in [4.78, 5) is 26.2. The van der Waals surface area contributed by atoms with Crippen LogP contribution in [0.3, 0.4) is 0 Å². The normalized spacial score (nSPS) is 31.3. The molecule has 2 aliphatic rings.